The Labute approximate surface area is 136 Å². The number of hydrogen-bond donors (Lipinski definition) is 3. The van der Waals surface area contributed by atoms with Crippen molar-refractivity contribution in [3.63, 3.8) is 0 Å². The molecule has 1 saturated carbocycles. The molecule has 122 valence electrons. The summed E-state index contributed by atoms with van der Waals surface area (Å²) in [6, 6.07) is 0.597. The zero-order chi connectivity index (χ0) is 12.8. The third-order valence-corrected chi connectivity index (χ3v) is 4.46. The van der Waals surface area contributed by atoms with E-state index in [9.17, 15) is 0 Å². The zero-order valence-electron chi connectivity index (χ0n) is 12.5. The van der Waals surface area contributed by atoms with E-state index in [1.165, 1.54) is 57.8 Å². The molecule has 1 heterocycles. The summed E-state index contributed by atoms with van der Waals surface area (Å²) in [6.07, 6.45) is 11.8. The van der Waals surface area contributed by atoms with Crippen LogP contribution in [0.2, 0.25) is 0 Å². The van der Waals surface area contributed by atoms with Crippen LogP contribution in [0.1, 0.15) is 57.8 Å². The van der Waals surface area contributed by atoms with Crippen LogP contribution in [0.5, 0.6) is 0 Å². The maximum absolute atomic E-state index is 6.35. The SMILES string of the molecule is Cl.Cl.NC1(N)CNCCCCN1C1CCCCCCC1. The van der Waals surface area contributed by atoms with Crippen molar-refractivity contribution in [1.29, 1.82) is 0 Å². The molecule has 0 atom stereocenters. The molecule has 0 spiro atoms. The van der Waals surface area contributed by atoms with Gasteiger partial charge >= 0.3 is 0 Å². The lowest BCUT2D eigenvalue weighted by Gasteiger charge is -2.45. The molecular formula is C14H32Cl2N4. The van der Waals surface area contributed by atoms with Gasteiger partial charge in [0.25, 0.3) is 0 Å². The molecule has 4 nitrogen and oxygen atoms in total. The van der Waals surface area contributed by atoms with Gasteiger partial charge in [-0.2, -0.15) is 0 Å². The molecule has 0 amide bonds. The first-order chi connectivity index (χ1) is 8.70. The van der Waals surface area contributed by atoms with Gasteiger partial charge in [0.05, 0.1) is 0 Å². The Morgan fingerprint density at radius 2 is 1.45 bits per heavy atom. The maximum Gasteiger partial charge on any atom is 0.134 e. The maximum atomic E-state index is 6.35. The number of nitrogens with two attached hydrogens (primary N) is 2. The van der Waals surface area contributed by atoms with Gasteiger partial charge in [-0.3, -0.25) is 16.4 Å². The Hall–Kier alpha value is 0.420. The van der Waals surface area contributed by atoms with E-state index in [0.29, 0.717) is 12.6 Å². The minimum Gasteiger partial charge on any atom is -0.312 e. The third-order valence-electron chi connectivity index (χ3n) is 4.46. The van der Waals surface area contributed by atoms with Crippen molar-refractivity contribution < 1.29 is 0 Å². The monoisotopic (exact) mass is 326 g/mol. The van der Waals surface area contributed by atoms with Crippen molar-refractivity contribution in [3.8, 4) is 0 Å². The molecule has 1 saturated heterocycles. The predicted molar refractivity (Wildman–Crippen MR) is 90.5 cm³/mol. The van der Waals surface area contributed by atoms with Crippen molar-refractivity contribution in [2.75, 3.05) is 19.6 Å². The second-order valence-corrected chi connectivity index (χ2v) is 6.07. The van der Waals surface area contributed by atoms with Crippen molar-refractivity contribution in [2.45, 2.75) is 69.6 Å². The van der Waals surface area contributed by atoms with Crippen LogP contribution in [0.15, 0.2) is 0 Å². The fourth-order valence-electron chi connectivity index (χ4n) is 3.40. The number of rotatable bonds is 1. The summed E-state index contributed by atoms with van der Waals surface area (Å²) in [5, 5.41) is 3.38. The highest BCUT2D eigenvalue weighted by molar-refractivity contribution is 5.85. The molecule has 0 aromatic heterocycles. The summed E-state index contributed by atoms with van der Waals surface area (Å²) in [6.45, 7) is 2.83. The summed E-state index contributed by atoms with van der Waals surface area (Å²) in [4.78, 5) is 2.39. The number of hydrogen-bond acceptors (Lipinski definition) is 4. The lowest BCUT2D eigenvalue weighted by Crippen LogP contribution is -2.71. The minimum atomic E-state index is -0.662. The molecule has 1 aliphatic carbocycles. The molecule has 1 aliphatic heterocycles. The molecule has 0 radical (unpaired) electrons. The van der Waals surface area contributed by atoms with E-state index in [1.54, 1.807) is 0 Å². The summed E-state index contributed by atoms with van der Waals surface area (Å²) < 4.78 is 0. The first kappa shape index (κ1) is 20.4. The van der Waals surface area contributed by atoms with Crippen LogP contribution >= 0.6 is 24.8 Å². The summed E-state index contributed by atoms with van der Waals surface area (Å²) in [5.41, 5.74) is 12.7. The molecule has 2 fully saturated rings. The van der Waals surface area contributed by atoms with Crippen molar-refractivity contribution >= 4 is 24.8 Å². The largest absolute Gasteiger partial charge is 0.312 e. The predicted octanol–water partition coefficient (Wildman–Crippen LogP) is 2.20. The second-order valence-electron chi connectivity index (χ2n) is 6.07. The highest BCUT2D eigenvalue weighted by Crippen LogP contribution is 2.24. The number of nitrogens with zero attached hydrogens (tertiary/aromatic N) is 1. The van der Waals surface area contributed by atoms with Crippen LogP contribution in [0.4, 0.5) is 0 Å². The molecule has 5 N–H and O–H groups in total. The van der Waals surface area contributed by atoms with Gasteiger partial charge in [0.15, 0.2) is 0 Å². The molecule has 20 heavy (non-hydrogen) atoms. The number of halogens is 2. The lowest BCUT2D eigenvalue weighted by molar-refractivity contribution is 0.0294. The van der Waals surface area contributed by atoms with Crippen LogP contribution in [0.25, 0.3) is 0 Å². The average Bonchev–Trinajstić information content (AvgIpc) is 2.27. The molecule has 2 aliphatic rings. The van der Waals surface area contributed by atoms with Gasteiger partial charge in [0, 0.05) is 19.1 Å². The first-order valence-electron chi connectivity index (χ1n) is 7.75. The molecule has 2 rings (SSSR count). The molecule has 0 unspecified atom stereocenters. The van der Waals surface area contributed by atoms with Gasteiger partial charge < -0.3 is 5.32 Å². The van der Waals surface area contributed by atoms with Gasteiger partial charge in [-0.15, -0.1) is 24.8 Å². The molecule has 6 heteroatoms. The van der Waals surface area contributed by atoms with E-state index in [1.807, 2.05) is 0 Å². The van der Waals surface area contributed by atoms with E-state index in [-0.39, 0.29) is 24.8 Å². The van der Waals surface area contributed by atoms with Gasteiger partial charge in [-0.25, -0.2) is 0 Å². The van der Waals surface area contributed by atoms with Gasteiger partial charge in [-0.05, 0) is 32.2 Å². The highest BCUT2D eigenvalue weighted by Gasteiger charge is 2.33. The Morgan fingerprint density at radius 1 is 0.850 bits per heavy atom. The van der Waals surface area contributed by atoms with Crippen molar-refractivity contribution in [1.82, 2.24) is 10.2 Å². The fourth-order valence-corrected chi connectivity index (χ4v) is 3.40. The molecule has 0 aromatic rings. The third kappa shape index (κ3) is 6.04. The first-order valence-corrected chi connectivity index (χ1v) is 7.75. The summed E-state index contributed by atoms with van der Waals surface area (Å²) in [5.74, 6) is -0.662. The Kier molecular flexibility index (Phi) is 10.4. The van der Waals surface area contributed by atoms with Crippen LogP contribution in [0, 0.1) is 0 Å². The zero-order valence-corrected chi connectivity index (χ0v) is 14.1. The smallest absolute Gasteiger partial charge is 0.134 e. The minimum absolute atomic E-state index is 0. The standard InChI is InChI=1S/C14H30N4.2ClH/c15-14(16)12-17-10-6-7-11-18(14)13-8-4-2-1-3-5-9-13;;/h13,17H,1-12,15-16H2;2*1H. The van der Waals surface area contributed by atoms with E-state index >= 15 is 0 Å². The topological polar surface area (TPSA) is 67.3 Å². The van der Waals surface area contributed by atoms with Gasteiger partial charge in [-0.1, -0.05) is 32.1 Å². The fraction of sp³-hybridized carbons (Fsp3) is 1.00. The molecular weight excluding hydrogens is 295 g/mol. The average molecular weight is 327 g/mol. The van der Waals surface area contributed by atoms with Crippen molar-refractivity contribution in [3.05, 3.63) is 0 Å². The van der Waals surface area contributed by atoms with Crippen molar-refractivity contribution in [2.24, 2.45) is 11.5 Å². The van der Waals surface area contributed by atoms with Crippen LogP contribution in [-0.4, -0.2) is 36.4 Å². The highest BCUT2D eigenvalue weighted by atomic mass is 35.5. The summed E-state index contributed by atoms with van der Waals surface area (Å²) >= 11 is 0. The van der Waals surface area contributed by atoms with Crippen LogP contribution < -0.4 is 16.8 Å². The van der Waals surface area contributed by atoms with Crippen LogP contribution in [0.3, 0.4) is 0 Å². The molecule has 0 bridgehead atoms. The van der Waals surface area contributed by atoms with Gasteiger partial charge in [0.2, 0.25) is 0 Å². The van der Waals surface area contributed by atoms with E-state index < -0.39 is 5.79 Å². The van der Waals surface area contributed by atoms with E-state index in [4.69, 9.17) is 11.5 Å². The quantitative estimate of drug-likeness (QED) is 0.646. The van der Waals surface area contributed by atoms with E-state index in [0.717, 1.165) is 13.1 Å². The van der Waals surface area contributed by atoms with Crippen LogP contribution in [-0.2, 0) is 0 Å². The Bertz CT molecular complexity index is 243. The molecule has 0 aromatic carbocycles. The Morgan fingerprint density at radius 3 is 2.10 bits per heavy atom. The Balaban J connectivity index is 0.00000180. The van der Waals surface area contributed by atoms with Gasteiger partial charge in [0.1, 0.15) is 5.79 Å². The summed E-state index contributed by atoms with van der Waals surface area (Å²) in [7, 11) is 0. The lowest BCUT2D eigenvalue weighted by atomic mass is 9.94. The second kappa shape index (κ2) is 10.2. The van der Waals surface area contributed by atoms with E-state index in [2.05, 4.69) is 10.2 Å². The normalized spacial score (nSPS) is 26.1. The number of nitrogens with one attached hydrogen (secondary N) is 1.